The summed E-state index contributed by atoms with van der Waals surface area (Å²) in [5, 5.41) is 2.77. The Labute approximate surface area is 117 Å². The highest BCUT2D eigenvalue weighted by Crippen LogP contribution is 2.34. The molecule has 0 aliphatic rings. The third kappa shape index (κ3) is 4.13. The molecule has 0 spiro atoms. The van der Waals surface area contributed by atoms with E-state index in [0.29, 0.717) is 12.5 Å². The Morgan fingerprint density at radius 1 is 1.20 bits per heavy atom. The van der Waals surface area contributed by atoms with Crippen LogP contribution in [0.3, 0.4) is 0 Å². The number of nitrogens with one attached hydrogen (secondary N) is 1. The van der Waals surface area contributed by atoms with E-state index >= 15 is 0 Å². The Balaban J connectivity index is 2.90. The zero-order chi connectivity index (χ0) is 15.4. The first kappa shape index (κ1) is 16.8. The van der Waals surface area contributed by atoms with Crippen LogP contribution in [0.2, 0.25) is 0 Å². The largest absolute Gasteiger partial charge is 0.501 e. The predicted molar refractivity (Wildman–Crippen MR) is 72.2 cm³/mol. The van der Waals surface area contributed by atoms with Crippen molar-refractivity contribution in [3.8, 4) is 0 Å². The number of hydrogen-bond acceptors (Lipinski definition) is 3. The molecule has 1 rings (SSSR count). The maximum Gasteiger partial charge on any atom is 0.501 e. The first-order valence-corrected chi connectivity index (χ1v) is 7.79. The van der Waals surface area contributed by atoms with Gasteiger partial charge in [-0.05, 0) is 30.9 Å². The molecule has 0 aliphatic carbocycles. The van der Waals surface area contributed by atoms with E-state index in [0.717, 1.165) is 18.9 Å². The lowest BCUT2D eigenvalue weighted by molar-refractivity contribution is -0.0435. The van der Waals surface area contributed by atoms with Crippen LogP contribution in [-0.4, -0.2) is 20.5 Å². The number of rotatable bonds is 6. The van der Waals surface area contributed by atoms with E-state index in [1.807, 2.05) is 13.8 Å². The molecule has 1 N–H and O–H groups in total. The molecule has 0 saturated heterocycles. The third-order valence-electron chi connectivity index (χ3n) is 2.75. The molecule has 0 amide bonds. The fraction of sp³-hybridized carbons (Fsp3) is 0.538. The molecule has 0 heterocycles. The molecule has 0 fully saturated rings. The quantitative estimate of drug-likeness (QED) is 0.812. The van der Waals surface area contributed by atoms with Gasteiger partial charge in [0.1, 0.15) is 0 Å². The first-order chi connectivity index (χ1) is 9.16. The molecule has 3 nitrogen and oxygen atoms in total. The van der Waals surface area contributed by atoms with Gasteiger partial charge < -0.3 is 5.32 Å². The summed E-state index contributed by atoms with van der Waals surface area (Å²) in [5.41, 5.74) is -5.29. The highest BCUT2D eigenvalue weighted by atomic mass is 32.2. The number of benzene rings is 1. The molecule has 0 aliphatic heterocycles. The number of sulfone groups is 1. The molecule has 1 aromatic rings. The fourth-order valence-corrected chi connectivity index (χ4v) is 2.64. The summed E-state index contributed by atoms with van der Waals surface area (Å²) < 4.78 is 60.6. The summed E-state index contributed by atoms with van der Waals surface area (Å²) in [6, 6.07) is 5.08. The van der Waals surface area contributed by atoms with Gasteiger partial charge in [-0.15, -0.1) is 0 Å². The van der Waals surface area contributed by atoms with Gasteiger partial charge in [0.2, 0.25) is 0 Å². The minimum absolute atomic E-state index is 0.00594. The van der Waals surface area contributed by atoms with Crippen LogP contribution in [0.5, 0.6) is 0 Å². The van der Waals surface area contributed by atoms with E-state index in [1.54, 1.807) is 0 Å². The average molecular weight is 309 g/mol. The smallest absolute Gasteiger partial charge is 0.384 e. The van der Waals surface area contributed by atoms with Crippen molar-refractivity contribution >= 4 is 15.5 Å². The molecule has 114 valence electrons. The van der Waals surface area contributed by atoms with Gasteiger partial charge in [0.15, 0.2) is 0 Å². The average Bonchev–Trinajstić information content (AvgIpc) is 2.33. The molecular formula is C13H18F3NO2S. The van der Waals surface area contributed by atoms with Crippen molar-refractivity contribution in [2.45, 2.75) is 37.1 Å². The van der Waals surface area contributed by atoms with Crippen LogP contribution in [0.25, 0.3) is 0 Å². The molecule has 1 aromatic carbocycles. The zero-order valence-electron chi connectivity index (χ0n) is 11.4. The summed E-state index contributed by atoms with van der Waals surface area (Å²) in [6.45, 7) is 4.52. The van der Waals surface area contributed by atoms with E-state index in [1.165, 1.54) is 18.2 Å². The van der Waals surface area contributed by atoms with Gasteiger partial charge in [0.05, 0.1) is 10.6 Å². The van der Waals surface area contributed by atoms with Crippen LogP contribution >= 0.6 is 0 Å². The Kier molecular flexibility index (Phi) is 5.44. The minimum atomic E-state index is -5.32. The van der Waals surface area contributed by atoms with Gasteiger partial charge in [-0.25, -0.2) is 8.42 Å². The van der Waals surface area contributed by atoms with Crippen molar-refractivity contribution in [1.82, 2.24) is 0 Å². The fourth-order valence-electron chi connectivity index (χ4n) is 1.71. The van der Waals surface area contributed by atoms with Crippen LogP contribution in [0.4, 0.5) is 18.9 Å². The minimum Gasteiger partial charge on any atom is -0.384 e. The Hall–Kier alpha value is -1.24. The van der Waals surface area contributed by atoms with Gasteiger partial charge in [-0.3, -0.25) is 0 Å². The van der Waals surface area contributed by atoms with Gasteiger partial charge in [0.25, 0.3) is 9.84 Å². The van der Waals surface area contributed by atoms with Crippen LogP contribution in [0, 0.1) is 5.92 Å². The Morgan fingerprint density at radius 2 is 1.80 bits per heavy atom. The summed E-state index contributed by atoms with van der Waals surface area (Å²) in [4.78, 5) is -0.725. The molecule has 0 saturated carbocycles. The van der Waals surface area contributed by atoms with E-state index in [9.17, 15) is 21.6 Å². The van der Waals surface area contributed by atoms with Crippen LogP contribution in [-0.2, 0) is 9.84 Å². The van der Waals surface area contributed by atoms with Crippen molar-refractivity contribution in [3.63, 3.8) is 0 Å². The van der Waals surface area contributed by atoms with Crippen molar-refractivity contribution < 1.29 is 21.6 Å². The molecule has 0 bridgehead atoms. The molecule has 7 heteroatoms. The second kappa shape index (κ2) is 6.47. The number of hydrogen-bond donors (Lipinski definition) is 1. The van der Waals surface area contributed by atoms with E-state index < -0.39 is 20.2 Å². The molecule has 0 unspecified atom stereocenters. The molecule has 0 atom stereocenters. The Morgan fingerprint density at radius 3 is 2.35 bits per heavy atom. The van der Waals surface area contributed by atoms with Crippen LogP contribution in [0.15, 0.2) is 29.2 Å². The maximum atomic E-state index is 12.6. The van der Waals surface area contributed by atoms with E-state index in [4.69, 9.17) is 0 Å². The van der Waals surface area contributed by atoms with Crippen molar-refractivity contribution in [2.24, 2.45) is 5.92 Å². The summed E-state index contributed by atoms with van der Waals surface area (Å²) in [7, 11) is -5.32. The first-order valence-electron chi connectivity index (χ1n) is 6.30. The van der Waals surface area contributed by atoms with Gasteiger partial charge in [-0.1, -0.05) is 26.0 Å². The van der Waals surface area contributed by atoms with E-state index in [2.05, 4.69) is 5.32 Å². The summed E-state index contributed by atoms with van der Waals surface area (Å²) in [6.07, 6.45) is 1.68. The van der Waals surface area contributed by atoms with Crippen molar-refractivity contribution in [3.05, 3.63) is 24.3 Å². The number of halogens is 3. The lowest BCUT2D eigenvalue weighted by atomic mass is 10.1. The van der Waals surface area contributed by atoms with Crippen LogP contribution < -0.4 is 5.32 Å². The SMILES string of the molecule is CC(C)CCCNc1ccccc1S(=O)(=O)C(F)(F)F. The number of anilines is 1. The van der Waals surface area contributed by atoms with E-state index in [-0.39, 0.29) is 5.69 Å². The lowest BCUT2D eigenvalue weighted by Gasteiger charge is -2.14. The second-order valence-corrected chi connectivity index (χ2v) is 6.82. The molecule has 0 aromatic heterocycles. The Bertz CT molecular complexity index is 539. The van der Waals surface area contributed by atoms with Crippen LogP contribution in [0.1, 0.15) is 26.7 Å². The second-order valence-electron chi connectivity index (χ2n) is 4.91. The summed E-state index contributed by atoms with van der Waals surface area (Å²) >= 11 is 0. The highest BCUT2D eigenvalue weighted by molar-refractivity contribution is 7.92. The normalized spacial score (nSPS) is 12.7. The third-order valence-corrected chi connectivity index (χ3v) is 4.30. The molecular weight excluding hydrogens is 291 g/mol. The monoisotopic (exact) mass is 309 g/mol. The van der Waals surface area contributed by atoms with Gasteiger partial charge in [0, 0.05) is 6.54 Å². The molecule has 0 radical (unpaired) electrons. The summed E-state index contributed by atoms with van der Waals surface area (Å²) in [5.74, 6) is 0.492. The van der Waals surface area contributed by atoms with Crippen molar-refractivity contribution in [2.75, 3.05) is 11.9 Å². The number of alkyl halides is 3. The standard InChI is InChI=1S/C13H18F3NO2S/c1-10(2)6-5-9-17-11-7-3-4-8-12(11)20(18,19)13(14,15)16/h3-4,7-8,10,17H,5-6,9H2,1-2H3. The lowest BCUT2D eigenvalue weighted by Crippen LogP contribution is -2.24. The topological polar surface area (TPSA) is 46.2 Å². The maximum absolute atomic E-state index is 12.6. The van der Waals surface area contributed by atoms with Crippen molar-refractivity contribution in [1.29, 1.82) is 0 Å². The molecule has 20 heavy (non-hydrogen) atoms. The van der Waals surface area contributed by atoms with Gasteiger partial charge in [-0.2, -0.15) is 13.2 Å². The number of para-hydroxylation sites is 1. The highest BCUT2D eigenvalue weighted by Gasteiger charge is 2.47. The predicted octanol–water partition coefficient (Wildman–Crippen LogP) is 3.83. The van der Waals surface area contributed by atoms with Gasteiger partial charge >= 0.3 is 5.51 Å². The zero-order valence-corrected chi connectivity index (χ0v) is 12.2.